The molecule has 3 nitrogen and oxygen atoms in total. The SMILES string of the molecule is CC1CCN(c2ccncc2CNC2CC2)CC1. The number of hydrogen-bond acceptors (Lipinski definition) is 3. The van der Waals surface area contributed by atoms with E-state index in [4.69, 9.17) is 0 Å². The van der Waals surface area contributed by atoms with Crippen molar-refractivity contribution in [3.8, 4) is 0 Å². The molecule has 0 spiro atoms. The van der Waals surface area contributed by atoms with Crippen molar-refractivity contribution in [2.75, 3.05) is 18.0 Å². The van der Waals surface area contributed by atoms with Crippen molar-refractivity contribution in [3.63, 3.8) is 0 Å². The van der Waals surface area contributed by atoms with Gasteiger partial charge in [0.1, 0.15) is 0 Å². The van der Waals surface area contributed by atoms with Gasteiger partial charge in [-0.05, 0) is 37.7 Å². The van der Waals surface area contributed by atoms with Crippen LogP contribution in [0.4, 0.5) is 5.69 Å². The molecule has 1 aliphatic heterocycles. The van der Waals surface area contributed by atoms with Crippen molar-refractivity contribution < 1.29 is 0 Å². The average Bonchev–Trinajstić information content (AvgIpc) is 3.22. The number of aromatic nitrogens is 1. The standard InChI is InChI=1S/C15H23N3/c1-12-5-8-18(9-6-12)15-4-7-16-10-13(15)11-17-14-2-3-14/h4,7,10,12,14,17H,2-3,5-6,8-9,11H2,1H3. The van der Waals surface area contributed by atoms with Crippen LogP contribution >= 0.6 is 0 Å². The van der Waals surface area contributed by atoms with E-state index >= 15 is 0 Å². The highest BCUT2D eigenvalue weighted by atomic mass is 15.1. The lowest BCUT2D eigenvalue weighted by molar-refractivity contribution is 0.437. The third-order valence-electron chi connectivity index (χ3n) is 4.16. The highest BCUT2D eigenvalue weighted by molar-refractivity contribution is 5.52. The van der Waals surface area contributed by atoms with Gasteiger partial charge in [0.15, 0.2) is 0 Å². The summed E-state index contributed by atoms with van der Waals surface area (Å²) in [4.78, 5) is 6.82. The Hall–Kier alpha value is -1.09. The van der Waals surface area contributed by atoms with Crippen molar-refractivity contribution in [3.05, 3.63) is 24.0 Å². The third-order valence-corrected chi connectivity index (χ3v) is 4.16. The van der Waals surface area contributed by atoms with Crippen LogP contribution in [0.15, 0.2) is 18.5 Å². The minimum absolute atomic E-state index is 0.763. The fourth-order valence-electron chi connectivity index (χ4n) is 2.66. The first-order valence-electron chi connectivity index (χ1n) is 7.24. The molecule has 1 saturated heterocycles. The smallest absolute Gasteiger partial charge is 0.0442 e. The third kappa shape index (κ3) is 2.83. The van der Waals surface area contributed by atoms with Crippen LogP contribution in [0.5, 0.6) is 0 Å². The molecule has 3 heteroatoms. The lowest BCUT2D eigenvalue weighted by Gasteiger charge is -2.33. The lowest BCUT2D eigenvalue weighted by atomic mass is 9.98. The molecule has 0 unspecified atom stereocenters. The first-order chi connectivity index (χ1) is 8.83. The molecular weight excluding hydrogens is 222 g/mol. The Labute approximate surface area is 110 Å². The van der Waals surface area contributed by atoms with Crippen LogP contribution in [-0.4, -0.2) is 24.1 Å². The Morgan fingerprint density at radius 1 is 1.28 bits per heavy atom. The van der Waals surface area contributed by atoms with E-state index in [1.54, 1.807) is 0 Å². The van der Waals surface area contributed by atoms with Gasteiger partial charge in [0.2, 0.25) is 0 Å². The minimum Gasteiger partial charge on any atom is -0.371 e. The highest BCUT2D eigenvalue weighted by Crippen LogP contribution is 2.26. The first-order valence-corrected chi connectivity index (χ1v) is 7.24. The first kappa shape index (κ1) is 12.0. The molecule has 1 N–H and O–H groups in total. The van der Waals surface area contributed by atoms with E-state index in [-0.39, 0.29) is 0 Å². The van der Waals surface area contributed by atoms with Gasteiger partial charge in [0.05, 0.1) is 0 Å². The fraction of sp³-hybridized carbons (Fsp3) is 0.667. The Morgan fingerprint density at radius 3 is 2.78 bits per heavy atom. The number of hydrogen-bond donors (Lipinski definition) is 1. The second-order valence-corrected chi connectivity index (χ2v) is 5.83. The summed E-state index contributed by atoms with van der Waals surface area (Å²) < 4.78 is 0. The summed E-state index contributed by atoms with van der Waals surface area (Å²) >= 11 is 0. The van der Waals surface area contributed by atoms with Crippen LogP contribution in [0.3, 0.4) is 0 Å². The van der Waals surface area contributed by atoms with Gasteiger partial charge in [0, 0.05) is 49.3 Å². The summed E-state index contributed by atoms with van der Waals surface area (Å²) in [5, 5.41) is 3.59. The van der Waals surface area contributed by atoms with Gasteiger partial charge in [-0.2, -0.15) is 0 Å². The summed E-state index contributed by atoms with van der Waals surface area (Å²) in [6.07, 6.45) is 9.28. The van der Waals surface area contributed by atoms with Crippen LogP contribution < -0.4 is 10.2 Å². The molecule has 1 saturated carbocycles. The molecule has 0 radical (unpaired) electrons. The highest BCUT2D eigenvalue weighted by Gasteiger charge is 2.22. The maximum atomic E-state index is 4.29. The molecule has 0 aromatic carbocycles. The van der Waals surface area contributed by atoms with E-state index in [9.17, 15) is 0 Å². The van der Waals surface area contributed by atoms with E-state index < -0.39 is 0 Å². The van der Waals surface area contributed by atoms with E-state index in [2.05, 4.69) is 28.2 Å². The number of rotatable bonds is 4. The van der Waals surface area contributed by atoms with Crippen molar-refractivity contribution in [2.45, 2.75) is 45.2 Å². The van der Waals surface area contributed by atoms with E-state index in [1.165, 1.54) is 50.0 Å². The van der Waals surface area contributed by atoms with Crippen LogP contribution in [0.25, 0.3) is 0 Å². The molecule has 2 fully saturated rings. The molecule has 1 aliphatic carbocycles. The zero-order valence-corrected chi connectivity index (χ0v) is 11.2. The molecule has 18 heavy (non-hydrogen) atoms. The predicted molar refractivity (Wildman–Crippen MR) is 74.7 cm³/mol. The largest absolute Gasteiger partial charge is 0.371 e. The fourth-order valence-corrected chi connectivity index (χ4v) is 2.66. The zero-order valence-electron chi connectivity index (χ0n) is 11.2. The minimum atomic E-state index is 0.763. The van der Waals surface area contributed by atoms with E-state index in [0.717, 1.165) is 18.5 Å². The van der Waals surface area contributed by atoms with E-state index in [1.807, 2.05) is 12.4 Å². The predicted octanol–water partition coefficient (Wildman–Crippen LogP) is 2.57. The number of piperidine rings is 1. The number of nitrogens with zero attached hydrogens (tertiary/aromatic N) is 2. The van der Waals surface area contributed by atoms with Crippen LogP contribution in [0.1, 0.15) is 38.2 Å². The topological polar surface area (TPSA) is 28.2 Å². The quantitative estimate of drug-likeness (QED) is 0.883. The summed E-state index contributed by atoms with van der Waals surface area (Å²) in [6, 6.07) is 2.94. The van der Waals surface area contributed by atoms with E-state index in [0.29, 0.717) is 0 Å². The summed E-state index contributed by atoms with van der Waals surface area (Å²) in [5.74, 6) is 0.885. The van der Waals surface area contributed by atoms with Gasteiger partial charge < -0.3 is 10.2 Å². The Kier molecular flexibility index (Phi) is 3.50. The van der Waals surface area contributed by atoms with Crippen molar-refractivity contribution in [2.24, 2.45) is 5.92 Å². The molecule has 1 aromatic heterocycles. The Morgan fingerprint density at radius 2 is 2.06 bits per heavy atom. The molecule has 2 aliphatic rings. The van der Waals surface area contributed by atoms with Gasteiger partial charge in [-0.1, -0.05) is 6.92 Å². The number of anilines is 1. The maximum absolute atomic E-state index is 4.29. The maximum Gasteiger partial charge on any atom is 0.0442 e. The summed E-state index contributed by atoms with van der Waals surface area (Å²) in [6.45, 7) is 5.72. The van der Waals surface area contributed by atoms with Gasteiger partial charge in [-0.25, -0.2) is 0 Å². The Bertz CT molecular complexity index is 392. The molecule has 2 heterocycles. The van der Waals surface area contributed by atoms with Crippen molar-refractivity contribution >= 4 is 5.69 Å². The number of pyridine rings is 1. The van der Waals surface area contributed by atoms with Crippen LogP contribution in [-0.2, 0) is 6.54 Å². The summed E-state index contributed by atoms with van der Waals surface area (Å²) in [7, 11) is 0. The van der Waals surface area contributed by atoms with Crippen LogP contribution in [0.2, 0.25) is 0 Å². The Balaban J connectivity index is 1.69. The monoisotopic (exact) mass is 245 g/mol. The molecular formula is C15H23N3. The second kappa shape index (κ2) is 5.27. The van der Waals surface area contributed by atoms with Crippen LogP contribution in [0, 0.1) is 5.92 Å². The molecule has 0 atom stereocenters. The zero-order chi connectivity index (χ0) is 12.4. The molecule has 0 amide bonds. The van der Waals surface area contributed by atoms with Crippen molar-refractivity contribution in [1.82, 2.24) is 10.3 Å². The normalized spacial score (nSPS) is 21.3. The molecule has 1 aromatic rings. The van der Waals surface area contributed by atoms with Gasteiger partial charge in [0.25, 0.3) is 0 Å². The average molecular weight is 245 g/mol. The summed E-state index contributed by atoms with van der Waals surface area (Å²) in [5.41, 5.74) is 2.75. The second-order valence-electron chi connectivity index (χ2n) is 5.83. The van der Waals surface area contributed by atoms with Crippen molar-refractivity contribution in [1.29, 1.82) is 0 Å². The lowest BCUT2D eigenvalue weighted by Crippen LogP contribution is -2.34. The molecule has 0 bridgehead atoms. The van der Waals surface area contributed by atoms with Gasteiger partial charge in [-0.15, -0.1) is 0 Å². The van der Waals surface area contributed by atoms with Gasteiger partial charge >= 0.3 is 0 Å². The van der Waals surface area contributed by atoms with Gasteiger partial charge in [-0.3, -0.25) is 4.98 Å². The molecule has 3 rings (SSSR count). The molecule has 98 valence electrons. The number of nitrogens with one attached hydrogen (secondary N) is 1.